The molecule has 1 aliphatic heterocycles. The van der Waals surface area contributed by atoms with Crippen molar-refractivity contribution < 1.29 is 9.53 Å². The van der Waals surface area contributed by atoms with Crippen LogP contribution in [0.2, 0.25) is 0 Å². The van der Waals surface area contributed by atoms with Gasteiger partial charge in [0, 0.05) is 18.3 Å². The molecule has 0 aromatic carbocycles. The zero-order valence-corrected chi connectivity index (χ0v) is 7.51. The Morgan fingerprint density at radius 2 is 2.55 bits per heavy atom. The first-order chi connectivity index (χ1) is 5.29. The summed E-state index contributed by atoms with van der Waals surface area (Å²) in [5.41, 5.74) is 0. The van der Waals surface area contributed by atoms with Gasteiger partial charge in [0.1, 0.15) is 0 Å². The fraction of sp³-hybridized carbons (Fsp3) is 0.857. The minimum absolute atomic E-state index is 0.221. The van der Waals surface area contributed by atoms with Crippen molar-refractivity contribution in [3.8, 4) is 0 Å². The lowest BCUT2D eigenvalue weighted by molar-refractivity contribution is 0.122. The maximum absolute atomic E-state index is 11.1. The molecule has 3 nitrogen and oxygen atoms in total. The van der Waals surface area contributed by atoms with Gasteiger partial charge in [-0.15, -0.1) is 0 Å². The number of rotatable bonds is 1. The molecular weight excluding hydrogens is 162 g/mol. The number of nitrogens with zero attached hydrogens (tertiary/aromatic N) is 1. The van der Waals surface area contributed by atoms with Crippen LogP contribution >= 0.6 is 12.6 Å². The number of hydrogen-bond acceptors (Lipinski definition) is 3. The van der Waals surface area contributed by atoms with Crippen LogP contribution in [0.4, 0.5) is 4.79 Å². The van der Waals surface area contributed by atoms with Crippen molar-refractivity contribution in [3.63, 3.8) is 0 Å². The number of hydrogen-bond donors (Lipinski definition) is 1. The van der Waals surface area contributed by atoms with Crippen LogP contribution in [-0.2, 0) is 4.74 Å². The van der Waals surface area contributed by atoms with Crippen LogP contribution in [0.5, 0.6) is 0 Å². The normalized spacial score (nSPS) is 23.8. The SMILES string of the molecule is COC(=O)N1CCC[C@@H]1CS. The smallest absolute Gasteiger partial charge is 0.409 e. The molecule has 1 saturated heterocycles. The van der Waals surface area contributed by atoms with E-state index in [0.29, 0.717) is 0 Å². The van der Waals surface area contributed by atoms with Crippen molar-refractivity contribution in [2.45, 2.75) is 18.9 Å². The second-order valence-corrected chi connectivity index (χ2v) is 3.01. The van der Waals surface area contributed by atoms with Crippen LogP contribution in [0.25, 0.3) is 0 Å². The van der Waals surface area contributed by atoms with Gasteiger partial charge in [-0.25, -0.2) is 4.79 Å². The topological polar surface area (TPSA) is 29.5 Å². The molecule has 0 saturated carbocycles. The summed E-state index contributed by atoms with van der Waals surface area (Å²) in [6, 6.07) is 0.283. The second-order valence-electron chi connectivity index (χ2n) is 2.64. The lowest BCUT2D eigenvalue weighted by Gasteiger charge is -2.21. The average molecular weight is 175 g/mol. The predicted octanol–water partition coefficient (Wildman–Crippen LogP) is 1.15. The third kappa shape index (κ3) is 1.80. The molecule has 11 heavy (non-hydrogen) atoms. The van der Waals surface area contributed by atoms with Gasteiger partial charge in [0.2, 0.25) is 0 Å². The van der Waals surface area contributed by atoms with Gasteiger partial charge in [-0.05, 0) is 12.8 Å². The molecule has 4 heteroatoms. The van der Waals surface area contributed by atoms with E-state index in [1.807, 2.05) is 0 Å². The molecule has 0 unspecified atom stereocenters. The lowest BCUT2D eigenvalue weighted by atomic mass is 10.2. The predicted molar refractivity (Wildman–Crippen MR) is 46.0 cm³/mol. The maximum atomic E-state index is 11.1. The zero-order valence-electron chi connectivity index (χ0n) is 6.62. The van der Waals surface area contributed by atoms with Gasteiger partial charge in [0.15, 0.2) is 0 Å². The molecule has 1 amide bonds. The highest BCUT2D eigenvalue weighted by Crippen LogP contribution is 2.18. The number of carbonyl (C=O) groups excluding carboxylic acids is 1. The number of amides is 1. The second kappa shape index (κ2) is 3.85. The van der Waals surface area contributed by atoms with E-state index in [2.05, 4.69) is 17.4 Å². The largest absolute Gasteiger partial charge is 0.453 e. The monoisotopic (exact) mass is 175 g/mol. The van der Waals surface area contributed by atoms with Gasteiger partial charge in [-0.1, -0.05) is 0 Å². The third-order valence-electron chi connectivity index (χ3n) is 2.00. The molecular formula is C7H13NO2S. The van der Waals surface area contributed by atoms with E-state index in [-0.39, 0.29) is 12.1 Å². The summed E-state index contributed by atoms with van der Waals surface area (Å²) in [6.07, 6.45) is 1.90. The molecule has 0 spiro atoms. The molecule has 1 heterocycles. The van der Waals surface area contributed by atoms with Crippen molar-refractivity contribution in [2.24, 2.45) is 0 Å². The number of thiol groups is 1. The van der Waals surface area contributed by atoms with E-state index in [0.717, 1.165) is 25.1 Å². The molecule has 0 aliphatic carbocycles. The summed E-state index contributed by atoms with van der Waals surface area (Å²) in [6.45, 7) is 0.817. The van der Waals surface area contributed by atoms with Gasteiger partial charge >= 0.3 is 6.09 Å². The van der Waals surface area contributed by atoms with E-state index in [4.69, 9.17) is 0 Å². The summed E-state index contributed by atoms with van der Waals surface area (Å²) >= 11 is 4.16. The number of likely N-dealkylation sites (tertiary alicyclic amines) is 1. The Morgan fingerprint density at radius 3 is 3.09 bits per heavy atom. The van der Waals surface area contributed by atoms with Gasteiger partial charge < -0.3 is 9.64 Å². The van der Waals surface area contributed by atoms with Crippen molar-refractivity contribution in [3.05, 3.63) is 0 Å². The molecule has 1 fully saturated rings. The van der Waals surface area contributed by atoms with Gasteiger partial charge in [0.05, 0.1) is 7.11 Å². The number of carbonyl (C=O) groups is 1. The van der Waals surface area contributed by atoms with Gasteiger partial charge in [0.25, 0.3) is 0 Å². The zero-order chi connectivity index (χ0) is 8.27. The summed E-state index contributed by atoms with van der Waals surface area (Å²) in [7, 11) is 1.41. The average Bonchev–Trinajstić information content (AvgIpc) is 2.50. The highest BCUT2D eigenvalue weighted by Gasteiger charge is 2.27. The Hall–Kier alpha value is -0.380. The summed E-state index contributed by atoms with van der Waals surface area (Å²) in [4.78, 5) is 12.8. The van der Waals surface area contributed by atoms with Gasteiger partial charge in [-0.3, -0.25) is 0 Å². The molecule has 0 aromatic heterocycles. The van der Waals surface area contributed by atoms with E-state index in [9.17, 15) is 4.79 Å². The Balaban J connectivity index is 2.49. The van der Waals surface area contributed by atoms with Crippen molar-refractivity contribution in [1.29, 1.82) is 0 Å². The minimum Gasteiger partial charge on any atom is -0.453 e. The molecule has 0 aromatic rings. The number of methoxy groups -OCH3 is 1. The van der Waals surface area contributed by atoms with E-state index in [1.54, 1.807) is 4.90 Å². The van der Waals surface area contributed by atoms with Gasteiger partial charge in [-0.2, -0.15) is 12.6 Å². The van der Waals surface area contributed by atoms with Crippen LogP contribution < -0.4 is 0 Å². The molecule has 0 radical (unpaired) electrons. The molecule has 1 aliphatic rings. The Kier molecular flexibility index (Phi) is 3.05. The van der Waals surface area contributed by atoms with Crippen LogP contribution in [0, 0.1) is 0 Å². The molecule has 1 atom stereocenters. The molecule has 0 bridgehead atoms. The van der Waals surface area contributed by atoms with Crippen LogP contribution in [0.1, 0.15) is 12.8 Å². The lowest BCUT2D eigenvalue weighted by Crippen LogP contribution is -2.36. The standard InChI is InChI=1S/C7H13NO2S/c1-10-7(9)8-4-2-3-6(8)5-11/h6,11H,2-5H2,1H3/t6-/m1/s1. The fourth-order valence-electron chi connectivity index (χ4n) is 1.38. The first-order valence-electron chi connectivity index (χ1n) is 3.75. The highest BCUT2D eigenvalue weighted by molar-refractivity contribution is 7.80. The molecule has 0 N–H and O–H groups in total. The van der Waals surface area contributed by atoms with E-state index < -0.39 is 0 Å². The van der Waals surface area contributed by atoms with E-state index >= 15 is 0 Å². The van der Waals surface area contributed by atoms with Crippen molar-refractivity contribution in [1.82, 2.24) is 4.90 Å². The van der Waals surface area contributed by atoms with E-state index in [1.165, 1.54) is 7.11 Å². The first kappa shape index (κ1) is 8.71. The molecule has 64 valence electrons. The summed E-state index contributed by atoms with van der Waals surface area (Å²) < 4.78 is 4.62. The fourth-order valence-corrected chi connectivity index (χ4v) is 1.76. The highest BCUT2D eigenvalue weighted by atomic mass is 32.1. The Labute approximate surface area is 72.1 Å². The first-order valence-corrected chi connectivity index (χ1v) is 4.38. The van der Waals surface area contributed by atoms with Crippen LogP contribution in [0.3, 0.4) is 0 Å². The maximum Gasteiger partial charge on any atom is 0.409 e. The Morgan fingerprint density at radius 1 is 1.82 bits per heavy atom. The number of ether oxygens (including phenoxy) is 1. The molecule has 1 rings (SSSR count). The summed E-state index contributed by atoms with van der Waals surface area (Å²) in [5.74, 6) is 0.731. The Bertz CT molecular complexity index is 151. The minimum atomic E-state index is -0.221. The summed E-state index contributed by atoms with van der Waals surface area (Å²) in [5, 5.41) is 0. The third-order valence-corrected chi connectivity index (χ3v) is 2.42. The van der Waals surface area contributed by atoms with Crippen molar-refractivity contribution in [2.75, 3.05) is 19.4 Å². The quantitative estimate of drug-likeness (QED) is 0.606. The van der Waals surface area contributed by atoms with Crippen molar-refractivity contribution >= 4 is 18.7 Å². The van der Waals surface area contributed by atoms with Crippen LogP contribution in [-0.4, -0.2) is 36.4 Å². The van der Waals surface area contributed by atoms with Crippen LogP contribution in [0.15, 0.2) is 0 Å².